The van der Waals surface area contributed by atoms with Crippen LogP contribution in [0.15, 0.2) is 24.3 Å². The molecule has 0 saturated heterocycles. The number of ether oxygens (including phenoxy) is 1. The number of aliphatic hydroxyl groups excluding tert-OH is 1. The van der Waals surface area contributed by atoms with Gasteiger partial charge in [-0.05, 0) is 44.5 Å². The molecule has 1 unspecified atom stereocenters. The van der Waals surface area contributed by atoms with Crippen LogP contribution in [0.3, 0.4) is 0 Å². The Labute approximate surface area is 97.4 Å². The van der Waals surface area contributed by atoms with Crippen molar-refractivity contribution < 1.29 is 9.84 Å². The van der Waals surface area contributed by atoms with E-state index in [1.165, 1.54) is 5.56 Å². The first-order valence-electron chi connectivity index (χ1n) is 5.77. The lowest BCUT2D eigenvalue weighted by atomic mass is 10.2. The lowest BCUT2D eigenvalue weighted by Crippen LogP contribution is -2.26. The van der Waals surface area contributed by atoms with Crippen molar-refractivity contribution in [3.8, 4) is 5.75 Å². The minimum absolute atomic E-state index is 0.280. The summed E-state index contributed by atoms with van der Waals surface area (Å²) in [4.78, 5) is 0. The molecule has 3 nitrogen and oxygen atoms in total. The highest BCUT2D eigenvalue weighted by atomic mass is 16.5. The quantitative estimate of drug-likeness (QED) is 0.692. The van der Waals surface area contributed by atoms with Crippen LogP contribution in [0.4, 0.5) is 0 Å². The number of hydrogen-bond donors (Lipinski definition) is 2. The third kappa shape index (κ3) is 5.73. The molecule has 1 aromatic carbocycles. The van der Waals surface area contributed by atoms with Gasteiger partial charge < -0.3 is 15.2 Å². The van der Waals surface area contributed by atoms with Gasteiger partial charge in [0.05, 0.1) is 12.7 Å². The summed E-state index contributed by atoms with van der Waals surface area (Å²) in [5.41, 5.74) is 1.21. The van der Waals surface area contributed by atoms with E-state index in [0.29, 0.717) is 13.2 Å². The summed E-state index contributed by atoms with van der Waals surface area (Å²) in [5.74, 6) is 0.926. The molecule has 3 heteroatoms. The maximum absolute atomic E-state index is 9.02. The Kier molecular flexibility index (Phi) is 5.90. The number of benzene rings is 1. The summed E-state index contributed by atoms with van der Waals surface area (Å²) in [7, 11) is 0. The molecule has 2 N–H and O–H groups in total. The van der Waals surface area contributed by atoms with Gasteiger partial charge in [0.25, 0.3) is 0 Å². The average Bonchev–Trinajstić information content (AvgIpc) is 2.23. The molecular weight excluding hydrogens is 202 g/mol. The van der Waals surface area contributed by atoms with Crippen molar-refractivity contribution in [1.82, 2.24) is 5.32 Å². The fourth-order valence-electron chi connectivity index (χ4n) is 1.40. The van der Waals surface area contributed by atoms with Crippen molar-refractivity contribution in [1.29, 1.82) is 0 Å². The topological polar surface area (TPSA) is 41.5 Å². The lowest BCUT2D eigenvalue weighted by molar-refractivity contribution is 0.190. The van der Waals surface area contributed by atoms with E-state index in [2.05, 4.69) is 18.3 Å². The van der Waals surface area contributed by atoms with E-state index in [4.69, 9.17) is 9.84 Å². The van der Waals surface area contributed by atoms with E-state index in [9.17, 15) is 0 Å². The van der Waals surface area contributed by atoms with Gasteiger partial charge in [0, 0.05) is 6.54 Å². The first-order chi connectivity index (χ1) is 7.68. The summed E-state index contributed by atoms with van der Waals surface area (Å²) in [6, 6.07) is 8.05. The summed E-state index contributed by atoms with van der Waals surface area (Å²) in [6.45, 7) is 6.05. The Balaban J connectivity index is 2.07. The fourth-order valence-corrected chi connectivity index (χ4v) is 1.40. The zero-order chi connectivity index (χ0) is 11.8. The number of rotatable bonds is 7. The Hall–Kier alpha value is -1.06. The van der Waals surface area contributed by atoms with Crippen LogP contribution in [-0.4, -0.2) is 30.9 Å². The Morgan fingerprint density at radius 3 is 2.94 bits per heavy atom. The van der Waals surface area contributed by atoms with Crippen LogP contribution in [0, 0.1) is 6.92 Å². The van der Waals surface area contributed by atoms with Crippen LogP contribution >= 0.6 is 0 Å². The van der Waals surface area contributed by atoms with Gasteiger partial charge in [0.1, 0.15) is 5.75 Å². The number of aryl methyl sites for hydroxylation is 1. The molecular formula is C13H21NO2. The van der Waals surface area contributed by atoms with E-state index < -0.39 is 0 Å². The highest BCUT2D eigenvalue weighted by Crippen LogP contribution is 2.12. The molecule has 1 aromatic rings. The van der Waals surface area contributed by atoms with Crippen molar-refractivity contribution in [2.45, 2.75) is 26.4 Å². The zero-order valence-corrected chi connectivity index (χ0v) is 10.1. The summed E-state index contributed by atoms with van der Waals surface area (Å²) >= 11 is 0. The molecule has 16 heavy (non-hydrogen) atoms. The van der Waals surface area contributed by atoms with Gasteiger partial charge in [-0.3, -0.25) is 0 Å². The average molecular weight is 223 g/mol. The van der Waals surface area contributed by atoms with E-state index in [-0.39, 0.29) is 6.10 Å². The number of nitrogens with one attached hydrogen (secondary N) is 1. The van der Waals surface area contributed by atoms with Gasteiger partial charge in [-0.25, -0.2) is 0 Å². The first kappa shape index (κ1) is 13.0. The third-order valence-electron chi connectivity index (χ3n) is 2.20. The smallest absolute Gasteiger partial charge is 0.119 e. The number of hydrogen-bond acceptors (Lipinski definition) is 3. The molecule has 0 aliphatic heterocycles. The summed E-state index contributed by atoms with van der Waals surface area (Å²) in [5, 5.41) is 12.2. The van der Waals surface area contributed by atoms with Gasteiger partial charge >= 0.3 is 0 Å². The van der Waals surface area contributed by atoms with E-state index >= 15 is 0 Å². The minimum Gasteiger partial charge on any atom is -0.494 e. The van der Waals surface area contributed by atoms with Crippen LogP contribution in [0.5, 0.6) is 5.75 Å². The highest BCUT2D eigenvalue weighted by Gasteiger charge is 1.95. The Morgan fingerprint density at radius 2 is 2.25 bits per heavy atom. The standard InChI is InChI=1S/C13H21NO2/c1-11-5-3-6-13(9-11)16-8-4-7-14-10-12(2)15/h3,5-6,9,12,14-15H,4,7-8,10H2,1-2H3. The van der Waals surface area contributed by atoms with Crippen molar-refractivity contribution in [2.75, 3.05) is 19.7 Å². The summed E-state index contributed by atoms with van der Waals surface area (Å²) in [6.07, 6.45) is 0.665. The second-order valence-corrected chi connectivity index (χ2v) is 4.07. The molecule has 0 heterocycles. The first-order valence-corrected chi connectivity index (χ1v) is 5.77. The second kappa shape index (κ2) is 7.25. The van der Waals surface area contributed by atoms with Gasteiger partial charge in [0.15, 0.2) is 0 Å². The van der Waals surface area contributed by atoms with Gasteiger partial charge in [0.2, 0.25) is 0 Å². The molecule has 0 bridgehead atoms. The lowest BCUT2D eigenvalue weighted by Gasteiger charge is -2.08. The van der Waals surface area contributed by atoms with Crippen LogP contribution < -0.4 is 10.1 Å². The molecule has 0 fully saturated rings. The number of aliphatic hydroxyl groups is 1. The molecule has 1 rings (SSSR count). The highest BCUT2D eigenvalue weighted by molar-refractivity contribution is 5.27. The second-order valence-electron chi connectivity index (χ2n) is 4.07. The van der Waals surface area contributed by atoms with Crippen molar-refractivity contribution in [2.24, 2.45) is 0 Å². The van der Waals surface area contributed by atoms with Crippen LogP contribution in [0.2, 0.25) is 0 Å². The van der Waals surface area contributed by atoms with Gasteiger partial charge in [-0.1, -0.05) is 12.1 Å². The van der Waals surface area contributed by atoms with Gasteiger partial charge in [-0.15, -0.1) is 0 Å². The van der Waals surface area contributed by atoms with Crippen molar-refractivity contribution in [3.05, 3.63) is 29.8 Å². The Morgan fingerprint density at radius 1 is 1.44 bits per heavy atom. The van der Waals surface area contributed by atoms with Crippen LogP contribution in [0.25, 0.3) is 0 Å². The van der Waals surface area contributed by atoms with Gasteiger partial charge in [-0.2, -0.15) is 0 Å². The summed E-state index contributed by atoms with van der Waals surface area (Å²) < 4.78 is 5.59. The van der Waals surface area contributed by atoms with Crippen LogP contribution in [0.1, 0.15) is 18.9 Å². The Bertz CT molecular complexity index is 300. The maximum Gasteiger partial charge on any atom is 0.119 e. The van der Waals surface area contributed by atoms with E-state index in [0.717, 1.165) is 18.7 Å². The molecule has 0 amide bonds. The predicted molar refractivity (Wildman–Crippen MR) is 65.8 cm³/mol. The van der Waals surface area contributed by atoms with Crippen molar-refractivity contribution >= 4 is 0 Å². The molecule has 0 aliphatic carbocycles. The van der Waals surface area contributed by atoms with Crippen LogP contribution in [-0.2, 0) is 0 Å². The molecule has 1 atom stereocenters. The third-order valence-corrected chi connectivity index (χ3v) is 2.20. The van der Waals surface area contributed by atoms with Crippen molar-refractivity contribution in [3.63, 3.8) is 0 Å². The molecule has 0 spiro atoms. The van der Waals surface area contributed by atoms with E-state index in [1.807, 2.05) is 18.2 Å². The normalized spacial score (nSPS) is 12.4. The molecule has 0 aromatic heterocycles. The predicted octanol–water partition coefficient (Wildman–Crippen LogP) is 1.73. The fraction of sp³-hybridized carbons (Fsp3) is 0.538. The molecule has 0 saturated carbocycles. The molecule has 90 valence electrons. The molecule has 0 aliphatic rings. The SMILES string of the molecule is Cc1cccc(OCCCNCC(C)O)c1. The maximum atomic E-state index is 9.02. The minimum atomic E-state index is -0.280. The largest absolute Gasteiger partial charge is 0.494 e. The molecule has 0 radical (unpaired) electrons. The monoisotopic (exact) mass is 223 g/mol. The van der Waals surface area contributed by atoms with E-state index in [1.54, 1.807) is 6.92 Å². The zero-order valence-electron chi connectivity index (χ0n) is 10.1.